The van der Waals surface area contributed by atoms with Crippen molar-refractivity contribution in [1.82, 2.24) is 4.90 Å². The van der Waals surface area contributed by atoms with Gasteiger partial charge in [0.1, 0.15) is 0 Å². The van der Waals surface area contributed by atoms with Crippen LogP contribution in [0.15, 0.2) is 30.3 Å². The van der Waals surface area contributed by atoms with Gasteiger partial charge >= 0.3 is 0 Å². The molecule has 0 radical (unpaired) electrons. The normalized spacial score (nSPS) is 22.4. The Balaban J connectivity index is 1.92. The van der Waals surface area contributed by atoms with Crippen molar-refractivity contribution >= 4 is 11.6 Å². The smallest absolute Gasteiger partial charge is 0.241 e. The van der Waals surface area contributed by atoms with Gasteiger partial charge in [-0.2, -0.15) is 0 Å². The standard InChI is InChI=1S/C14H20N2O2/c1-11(16-9-5-8-13(17)10-16)14(18)15-12-6-3-2-4-7-12/h2-4,6-7,11,13,17H,5,8-10H2,1H3,(H,15,18)/t11?,13-/m0/s1. The topological polar surface area (TPSA) is 52.6 Å². The first-order valence-electron chi connectivity index (χ1n) is 6.45. The summed E-state index contributed by atoms with van der Waals surface area (Å²) >= 11 is 0. The third-order valence-electron chi connectivity index (χ3n) is 3.40. The Labute approximate surface area is 108 Å². The number of nitrogens with zero attached hydrogens (tertiary/aromatic N) is 1. The first kappa shape index (κ1) is 13.1. The van der Waals surface area contributed by atoms with E-state index in [1.807, 2.05) is 42.2 Å². The van der Waals surface area contributed by atoms with Gasteiger partial charge in [-0.1, -0.05) is 18.2 Å². The summed E-state index contributed by atoms with van der Waals surface area (Å²) in [5, 5.41) is 12.5. The van der Waals surface area contributed by atoms with Crippen molar-refractivity contribution in [2.45, 2.75) is 31.9 Å². The Morgan fingerprint density at radius 3 is 2.83 bits per heavy atom. The maximum Gasteiger partial charge on any atom is 0.241 e. The average molecular weight is 248 g/mol. The number of benzene rings is 1. The van der Waals surface area contributed by atoms with Crippen molar-refractivity contribution in [2.24, 2.45) is 0 Å². The van der Waals surface area contributed by atoms with Crippen LogP contribution in [0.25, 0.3) is 0 Å². The lowest BCUT2D eigenvalue weighted by atomic mass is 10.1. The molecule has 0 aliphatic carbocycles. The zero-order valence-corrected chi connectivity index (χ0v) is 10.7. The number of aliphatic hydroxyl groups excluding tert-OH is 1. The highest BCUT2D eigenvalue weighted by Crippen LogP contribution is 2.14. The number of carbonyl (C=O) groups excluding carboxylic acids is 1. The molecular formula is C14H20N2O2. The molecule has 1 fully saturated rings. The predicted octanol–water partition coefficient (Wildman–Crippen LogP) is 1.47. The van der Waals surface area contributed by atoms with E-state index in [1.165, 1.54) is 0 Å². The summed E-state index contributed by atoms with van der Waals surface area (Å²) in [4.78, 5) is 14.1. The van der Waals surface area contributed by atoms with Crippen LogP contribution in [-0.2, 0) is 4.79 Å². The first-order chi connectivity index (χ1) is 8.66. The monoisotopic (exact) mass is 248 g/mol. The lowest BCUT2D eigenvalue weighted by Gasteiger charge is -2.33. The molecule has 2 atom stereocenters. The van der Waals surface area contributed by atoms with Gasteiger partial charge in [0.05, 0.1) is 12.1 Å². The molecule has 4 heteroatoms. The number of carbonyl (C=O) groups is 1. The minimum Gasteiger partial charge on any atom is -0.392 e. The molecule has 1 aromatic rings. The van der Waals surface area contributed by atoms with Gasteiger partial charge in [-0.05, 0) is 38.4 Å². The Kier molecular flexibility index (Phi) is 4.33. The third kappa shape index (κ3) is 3.31. The number of hydrogen-bond donors (Lipinski definition) is 2. The fourth-order valence-electron chi connectivity index (χ4n) is 2.27. The van der Waals surface area contributed by atoms with Crippen LogP contribution >= 0.6 is 0 Å². The van der Waals surface area contributed by atoms with Gasteiger partial charge in [-0.3, -0.25) is 9.69 Å². The van der Waals surface area contributed by atoms with Crippen LogP contribution in [0.3, 0.4) is 0 Å². The second kappa shape index (κ2) is 5.98. The quantitative estimate of drug-likeness (QED) is 0.851. The van der Waals surface area contributed by atoms with Crippen molar-refractivity contribution in [2.75, 3.05) is 18.4 Å². The minimum absolute atomic E-state index is 0.0182. The number of rotatable bonds is 3. The van der Waals surface area contributed by atoms with Gasteiger partial charge in [0.15, 0.2) is 0 Å². The largest absolute Gasteiger partial charge is 0.392 e. The molecule has 1 unspecified atom stereocenters. The van der Waals surface area contributed by atoms with E-state index in [0.717, 1.165) is 25.1 Å². The summed E-state index contributed by atoms with van der Waals surface area (Å²) in [7, 11) is 0. The summed E-state index contributed by atoms with van der Waals surface area (Å²) in [5.74, 6) is -0.0182. The maximum absolute atomic E-state index is 12.1. The molecule has 1 aliphatic rings. The second-order valence-corrected chi connectivity index (χ2v) is 4.82. The molecule has 1 heterocycles. The zero-order valence-electron chi connectivity index (χ0n) is 10.7. The molecule has 1 aliphatic heterocycles. The molecule has 0 bridgehead atoms. The van der Waals surface area contributed by atoms with Crippen molar-refractivity contribution in [3.05, 3.63) is 30.3 Å². The van der Waals surface area contributed by atoms with Crippen LogP contribution in [0.5, 0.6) is 0 Å². The summed E-state index contributed by atoms with van der Waals surface area (Å²) in [6.07, 6.45) is 1.49. The number of β-amino-alcohol motifs (C(OH)–C–C–N with tert-alkyl or cyclic N) is 1. The first-order valence-corrected chi connectivity index (χ1v) is 6.45. The summed E-state index contributed by atoms with van der Waals surface area (Å²) in [5.41, 5.74) is 0.812. The predicted molar refractivity (Wildman–Crippen MR) is 71.3 cm³/mol. The van der Waals surface area contributed by atoms with E-state index in [4.69, 9.17) is 0 Å². The lowest BCUT2D eigenvalue weighted by Crippen LogP contribution is -2.48. The molecule has 0 spiro atoms. The molecule has 18 heavy (non-hydrogen) atoms. The van der Waals surface area contributed by atoms with E-state index in [2.05, 4.69) is 5.32 Å². The molecule has 2 rings (SSSR count). The summed E-state index contributed by atoms with van der Waals surface area (Å²) in [6.45, 7) is 3.35. The number of aliphatic hydroxyl groups is 1. The molecule has 1 aromatic carbocycles. The fourth-order valence-corrected chi connectivity index (χ4v) is 2.27. The van der Waals surface area contributed by atoms with Crippen LogP contribution in [0.1, 0.15) is 19.8 Å². The molecule has 1 amide bonds. The van der Waals surface area contributed by atoms with Crippen molar-refractivity contribution in [3.63, 3.8) is 0 Å². The number of piperidine rings is 1. The molecule has 2 N–H and O–H groups in total. The van der Waals surface area contributed by atoms with Crippen LogP contribution in [0.2, 0.25) is 0 Å². The zero-order chi connectivity index (χ0) is 13.0. The highest BCUT2D eigenvalue weighted by molar-refractivity contribution is 5.94. The molecule has 0 saturated carbocycles. The number of amides is 1. The van der Waals surface area contributed by atoms with Crippen LogP contribution in [0, 0.1) is 0 Å². The molecule has 1 saturated heterocycles. The van der Waals surface area contributed by atoms with Gasteiger partial charge in [-0.15, -0.1) is 0 Å². The number of nitrogens with one attached hydrogen (secondary N) is 1. The summed E-state index contributed by atoms with van der Waals surface area (Å²) in [6, 6.07) is 9.24. The maximum atomic E-state index is 12.1. The SMILES string of the molecule is CC(C(=O)Nc1ccccc1)N1CCC[C@H](O)C1. The number of hydrogen-bond acceptors (Lipinski definition) is 3. The molecule has 0 aromatic heterocycles. The average Bonchev–Trinajstić information content (AvgIpc) is 2.39. The van der Waals surface area contributed by atoms with E-state index in [0.29, 0.717) is 6.54 Å². The van der Waals surface area contributed by atoms with E-state index in [9.17, 15) is 9.90 Å². The van der Waals surface area contributed by atoms with E-state index in [-0.39, 0.29) is 18.1 Å². The Hall–Kier alpha value is -1.39. The second-order valence-electron chi connectivity index (χ2n) is 4.82. The number of likely N-dealkylation sites (tertiary alicyclic amines) is 1. The van der Waals surface area contributed by atoms with Crippen molar-refractivity contribution < 1.29 is 9.90 Å². The van der Waals surface area contributed by atoms with Crippen molar-refractivity contribution in [1.29, 1.82) is 0 Å². The Morgan fingerprint density at radius 1 is 1.44 bits per heavy atom. The van der Waals surface area contributed by atoms with Gasteiger partial charge in [-0.25, -0.2) is 0 Å². The van der Waals surface area contributed by atoms with Gasteiger partial charge < -0.3 is 10.4 Å². The van der Waals surface area contributed by atoms with Gasteiger partial charge in [0.25, 0.3) is 0 Å². The molecule has 98 valence electrons. The summed E-state index contributed by atoms with van der Waals surface area (Å²) < 4.78 is 0. The number of anilines is 1. The highest BCUT2D eigenvalue weighted by Gasteiger charge is 2.26. The van der Waals surface area contributed by atoms with Crippen molar-refractivity contribution in [3.8, 4) is 0 Å². The van der Waals surface area contributed by atoms with Crippen LogP contribution in [-0.4, -0.2) is 41.1 Å². The lowest BCUT2D eigenvalue weighted by molar-refractivity contribution is -0.121. The van der Waals surface area contributed by atoms with Crippen LogP contribution < -0.4 is 5.32 Å². The van der Waals surface area contributed by atoms with Gasteiger partial charge in [0.2, 0.25) is 5.91 Å². The van der Waals surface area contributed by atoms with E-state index in [1.54, 1.807) is 0 Å². The fraction of sp³-hybridized carbons (Fsp3) is 0.500. The van der Waals surface area contributed by atoms with E-state index < -0.39 is 0 Å². The Bertz CT molecular complexity index is 394. The Morgan fingerprint density at radius 2 is 2.17 bits per heavy atom. The number of para-hydroxylation sites is 1. The minimum atomic E-state index is -0.300. The van der Waals surface area contributed by atoms with Gasteiger partial charge in [0, 0.05) is 12.2 Å². The molecular weight excluding hydrogens is 228 g/mol. The highest BCUT2D eigenvalue weighted by atomic mass is 16.3. The van der Waals surface area contributed by atoms with Crippen LogP contribution in [0.4, 0.5) is 5.69 Å². The third-order valence-corrected chi connectivity index (χ3v) is 3.40. The van der Waals surface area contributed by atoms with E-state index >= 15 is 0 Å². The molecule has 4 nitrogen and oxygen atoms in total.